The van der Waals surface area contributed by atoms with E-state index in [1.807, 2.05) is 56.3 Å². The molecule has 1 atom stereocenters. The van der Waals surface area contributed by atoms with Crippen molar-refractivity contribution in [2.75, 3.05) is 0 Å². The molecule has 5 heteroatoms. The SMILES string of the molecule is CC(C)(O)C(C)(C)OBc1ccc(C(O)c2ccccc2Cl)cc1. The van der Waals surface area contributed by atoms with Crippen LogP contribution in [0.3, 0.4) is 0 Å². The first-order chi connectivity index (χ1) is 11.1. The lowest BCUT2D eigenvalue weighted by atomic mass is 9.82. The number of halogens is 1. The minimum absolute atomic E-state index is 0.388. The molecule has 0 saturated heterocycles. The molecule has 0 aromatic heterocycles. The van der Waals surface area contributed by atoms with E-state index in [2.05, 4.69) is 0 Å². The van der Waals surface area contributed by atoms with E-state index in [1.165, 1.54) is 0 Å². The predicted molar refractivity (Wildman–Crippen MR) is 100 cm³/mol. The van der Waals surface area contributed by atoms with Crippen LogP contribution < -0.4 is 5.46 Å². The first-order valence-electron chi connectivity index (χ1n) is 7.99. The Kier molecular flexibility index (Phi) is 5.76. The van der Waals surface area contributed by atoms with E-state index in [9.17, 15) is 10.2 Å². The molecule has 2 rings (SSSR count). The van der Waals surface area contributed by atoms with Gasteiger partial charge in [0, 0.05) is 10.6 Å². The highest BCUT2D eigenvalue weighted by molar-refractivity contribution is 6.47. The van der Waals surface area contributed by atoms with Gasteiger partial charge in [-0.15, -0.1) is 0 Å². The Hall–Kier alpha value is -1.33. The molecule has 0 aliphatic heterocycles. The summed E-state index contributed by atoms with van der Waals surface area (Å²) in [5, 5.41) is 21.1. The lowest BCUT2D eigenvalue weighted by molar-refractivity contribution is -0.0893. The summed E-state index contributed by atoms with van der Waals surface area (Å²) in [6.45, 7) is 7.19. The highest BCUT2D eigenvalue weighted by atomic mass is 35.5. The number of rotatable bonds is 6. The van der Waals surface area contributed by atoms with Crippen molar-refractivity contribution < 1.29 is 14.9 Å². The van der Waals surface area contributed by atoms with Crippen LogP contribution in [0.25, 0.3) is 0 Å². The van der Waals surface area contributed by atoms with Gasteiger partial charge in [0.25, 0.3) is 0 Å². The van der Waals surface area contributed by atoms with Gasteiger partial charge in [0.1, 0.15) is 6.10 Å². The van der Waals surface area contributed by atoms with Crippen molar-refractivity contribution in [3.8, 4) is 0 Å². The Morgan fingerprint density at radius 2 is 1.58 bits per heavy atom. The Labute approximate surface area is 149 Å². The summed E-state index contributed by atoms with van der Waals surface area (Å²) in [5.74, 6) is 0. The highest BCUT2D eigenvalue weighted by Gasteiger charge is 2.35. The standard InChI is InChI=1S/C19H24BClO3/c1-18(2,23)19(3,4)24-20-14-11-9-13(10-12-14)17(22)15-7-5-6-8-16(15)21/h5-12,17,20,22-23H,1-4H3. The topological polar surface area (TPSA) is 49.7 Å². The van der Waals surface area contributed by atoms with Crippen molar-refractivity contribution in [2.24, 2.45) is 0 Å². The van der Waals surface area contributed by atoms with Gasteiger partial charge < -0.3 is 14.9 Å². The number of aliphatic hydroxyl groups is 2. The van der Waals surface area contributed by atoms with Gasteiger partial charge in [-0.05, 0) is 39.3 Å². The first-order valence-corrected chi connectivity index (χ1v) is 8.37. The van der Waals surface area contributed by atoms with Crippen molar-refractivity contribution >= 4 is 24.5 Å². The Bertz CT molecular complexity index is 678. The second-order valence-corrected chi connectivity index (χ2v) is 7.43. The molecule has 0 fully saturated rings. The lowest BCUT2D eigenvalue weighted by Gasteiger charge is -2.37. The van der Waals surface area contributed by atoms with Gasteiger partial charge in [0.05, 0.1) is 11.2 Å². The third kappa shape index (κ3) is 4.39. The van der Waals surface area contributed by atoms with E-state index in [1.54, 1.807) is 19.9 Å². The van der Waals surface area contributed by atoms with Gasteiger partial charge in [-0.3, -0.25) is 0 Å². The second-order valence-electron chi connectivity index (χ2n) is 7.02. The van der Waals surface area contributed by atoms with Crippen LogP contribution in [-0.2, 0) is 4.65 Å². The van der Waals surface area contributed by atoms with Gasteiger partial charge in [-0.2, -0.15) is 0 Å². The van der Waals surface area contributed by atoms with E-state index in [0.29, 0.717) is 18.1 Å². The minimum Gasteiger partial charge on any atom is -0.427 e. The summed E-state index contributed by atoms with van der Waals surface area (Å²) in [6, 6.07) is 14.8. The van der Waals surface area contributed by atoms with E-state index in [-0.39, 0.29) is 0 Å². The van der Waals surface area contributed by atoms with E-state index in [4.69, 9.17) is 16.3 Å². The second kappa shape index (κ2) is 7.28. The molecule has 0 heterocycles. The van der Waals surface area contributed by atoms with Crippen LogP contribution in [0.1, 0.15) is 44.9 Å². The Morgan fingerprint density at radius 3 is 2.12 bits per heavy atom. The monoisotopic (exact) mass is 346 g/mol. The van der Waals surface area contributed by atoms with Crippen molar-refractivity contribution in [3.05, 3.63) is 64.7 Å². The maximum Gasteiger partial charge on any atom is 0.309 e. The quantitative estimate of drug-likeness (QED) is 0.791. The van der Waals surface area contributed by atoms with E-state index >= 15 is 0 Å². The largest absolute Gasteiger partial charge is 0.427 e. The minimum atomic E-state index is -0.937. The number of hydrogen-bond donors (Lipinski definition) is 2. The first kappa shape index (κ1) is 19.0. The molecular formula is C19H24BClO3. The third-order valence-corrected chi connectivity index (χ3v) is 4.91. The summed E-state index contributed by atoms with van der Waals surface area (Å²) in [4.78, 5) is 0. The molecule has 0 radical (unpaired) electrons. The molecule has 3 nitrogen and oxygen atoms in total. The zero-order valence-corrected chi connectivity index (χ0v) is 15.3. The average Bonchev–Trinajstić information content (AvgIpc) is 2.52. The molecule has 0 bridgehead atoms. The Balaban J connectivity index is 2.07. The van der Waals surface area contributed by atoms with Gasteiger partial charge in [-0.25, -0.2) is 0 Å². The smallest absolute Gasteiger partial charge is 0.309 e. The summed E-state index contributed by atoms with van der Waals surface area (Å²) in [7, 11) is 0.388. The zero-order chi connectivity index (χ0) is 18.0. The molecule has 24 heavy (non-hydrogen) atoms. The van der Waals surface area contributed by atoms with Crippen molar-refractivity contribution in [1.29, 1.82) is 0 Å². The molecule has 0 spiro atoms. The van der Waals surface area contributed by atoms with Crippen LogP contribution in [0.5, 0.6) is 0 Å². The van der Waals surface area contributed by atoms with Gasteiger partial charge in [-0.1, -0.05) is 59.5 Å². The van der Waals surface area contributed by atoms with Crippen molar-refractivity contribution in [2.45, 2.75) is 45.0 Å². The van der Waals surface area contributed by atoms with E-state index < -0.39 is 17.3 Å². The fourth-order valence-electron chi connectivity index (χ4n) is 2.11. The average molecular weight is 347 g/mol. The molecule has 2 aromatic carbocycles. The van der Waals surface area contributed by atoms with Crippen LogP contribution in [-0.4, -0.2) is 28.9 Å². The van der Waals surface area contributed by atoms with Crippen LogP contribution >= 0.6 is 11.6 Å². The molecule has 0 saturated carbocycles. The van der Waals surface area contributed by atoms with Crippen molar-refractivity contribution in [3.63, 3.8) is 0 Å². The van der Waals surface area contributed by atoms with Gasteiger partial charge in [0.15, 0.2) is 0 Å². The lowest BCUT2D eigenvalue weighted by Crippen LogP contribution is -2.49. The predicted octanol–water partition coefficient (Wildman–Crippen LogP) is 2.96. The van der Waals surface area contributed by atoms with Crippen molar-refractivity contribution in [1.82, 2.24) is 0 Å². The summed E-state index contributed by atoms with van der Waals surface area (Å²) < 4.78 is 5.85. The molecule has 2 N–H and O–H groups in total. The summed E-state index contributed by atoms with van der Waals surface area (Å²) >= 11 is 6.14. The number of aliphatic hydroxyl groups excluding tert-OH is 1. The Morgan fingerprint density at radius 1 is 1.00 bits per heavy atom. The molecular weight excluding hydrogens is 322 g/mol. The fourth-order valence-corrected chi connectivity index (χ4v) is 2.35. The zero-order valence-electron chi connectivity index (χ0n) is 14.6. The van der Waals surface area contributed by atoms with E-state index in [0.717, 1.165) is 11.0 Å². The number of hydrogen-bond acceptors (Lipinski definition) is 3. The molecule has 0 aliphatic carbocycles. The van der Waals surface area contributed by atoms with Gasteiger partial charge >= 0.3 is 7.48 Å². The molecule has 1 unspecified atom stereocenters. The van der Waals surface area contributed by atoms with Crippen LogP contribution in [0, 0.1) is 0 Å². The maximum atomic E-state index is 10.5. The van der Waals surface area contributed by atoms with Crippen LogP contribution in [0.15, 0.2) is 48.5 Å². The van der Waals surface area contributed by atoms with Crippen LogP contribution in [0.2, 0.25) is 5.02 Å². The third-order valence-electron chi connectivity index (χ3n) is 4.57. The molecule has 0 amide bonds. The fraction of sp³-hybridized carbons (Fsp3) is 0.368. The highest BCUT2D eigenvalue weighted by Crippen LogP contribution is 2.28. The van der Waals surface area contributed by atoms with Gasteiger partial charge in [0.2, 0.25) is 0 Å². The summed E-state index contributed by atoms with van der Waals surface area (Å²) in [5.41, 5.74) is 0.831. The molecule has 128 valence electrons. The maximum absolute atomic E-state index is 10.5. The molecule has 0 aliphatic rings. The van der Waals surface area contributed by atoms with Crippen LogP contribution in [0.4, 0.5) is 0 Å². The summed E-state index contributed by atoms with van der Waals surface area (Å²) in [6.07, 6.45) is -0.763. The normalized spacial score (nSPS) is 13.6. The number of benzene rings is 2. The molecule has 2 aromatic rings.